The second-order valence-corrected chi connectivity index (χ2v) is 9.77. The van der Waals surface area contributed by atoms with Gasteiger partial charge in [-0.15, -0.1) is 10.2 Å². The van der Waals surface area contributed by atoms with E-state index >= 15 is 0 Å². The van der Waals surface area contributed by atoms with Crippen molar-refractivity contribution in [3.8, 4) is 17.2 Å². The smallest absolute Gasteiger partial charge is 0.226 e. The number of benzene rings is 2. The number of hydrogen-bond acceptors (Lipinski definition) is 8. The third kappa shape index (κ3) is 5.54. The van der Waals surface area contributed by atoms with Gasteiger partial charge in [0.05, 0.1) is 12.8 Å². The summed E-state index contributed by atoms with van der Waals surface area (Å²) >= 11 is 10.9. The summed E-state index contributed by atoms with van der Waals surface area (Å²) in [4.78, 5) is 4.53. The zero-order valence-corrected chi connectivity index (χ0v) is 18.6. The maximum Gasteiger partial charge on any atom is 0.226 e. The molecule has 4 rings (SSSR count). The molecule has 2 aromatic heterocycles. The lowest BCUT2D eigenvalue weighted by Crippen LogP contribution is -1.84. The van der Waals surface area contributed by atoms with Gasteiger partial charge in [-0.2, -0.15) is 0 Å². The van der Waals surface area contributed by atoms with Gasteiger partial charge in [-0.1, -0.05) is 64.7 Å². The van der Waals surface area contributed by atoms with E-state index in [9.17, 15) is 0 Å². The Kier molecular flexibility index (Phi) is 6.76. The molecule has 0 radical (unpaired) electrons. The van der Waals surface area contributed by atoms with Crippen molar-refractivity contribution in [3.63, 3.8) is 0 Å². The molecule has 0 fully saturated rings. The van der Waals surface area contributed by atoms with Crippen LogP contribution in [0.2, 0.25) is 5.02 Å². The molecule has 0 aliphatic heterocycles. The topological polar surface area (TPSA) is 61.0 Å². The van der Waals surface area contributed by atoms with Gasteiger partial charge in [0.25, 0.3) is 0 Å². The van der Waals surface area contributed by atoms with Crippen LogP contribution in [0.1, 0.15) is 11.3 Å². The highest BCUT2D eigenvalue weighted by Crippen LogP contribution is 2.33. The van der Waals surface area contributed by atoms with Crippen LogP contribution in [0.15, 0.2) is 67.9 Å². The molecule has 5 nitrogen and oxygen atoms in total. The SMILES string of the molecule is COc1ccc(CSc2nnc(SCc3coc(-c4cccc(Cl)c4)n3)s2)cc1. The second-order valence-electron chi connectivity index (χ2n) is 5.91. The molecular weight excluding hydrogens is 446 g/mol. The van der Waals surface area contributed by atoms with E-state index in [1.54, 1.807) is 48.2 Å². The highest BCUT2D eigenvalue weighted by atomic mass is 35.5. The summed E-state index contributed by atoms with van der Waals surface area (Å²) in [6.07, 6.45) is 1.67. The number of halogens is 1. The van der Waals surface area contributed by atoms with E-state index < -0.39 is 0 Å². The predicted octanol–water partition coefficient (Wildman–Crippen LogP) is 6.44. The Balaban J connectivity index is 1.30. The number of oxazole rings is 1. The van der Waals surface area contributed by atoms with Gasteiger partial charge in [0.1, 0.15) is 12.0 Å². The van der Waals surface area contributed by atoms with E-state index in [1.807, 2.05) is 36.4 Å². The van der Waals surface area contributed by atoms with Crippen molar-refractivity contribution in [1.29, 1.82) is 0 Å². The Bertz CT molecular complexity index is 1080. The summed E-state index contributed by atoms with van der Waals surface area (Å²) < 4.78 is 12.6. The molecular formula is C20H16ClN3O2S3. The summed E-state index contributed by atoms with van der Waals surface area (Å²) in [6.45, 7) is 0. The van der Waals surface area contributed by atoms with E-state index in [1.165, 1.54) is 5.56 Å². The number of methoxy groups -OCH3 is 1. The normalized spacial score (nSPS) is 11.0. The van der Waals surface area contributed by atoms with Gasteiger partial charge < -0.3 is 9.15 Å². The summed E-state index contributed by atoms with van der Waals surface area (Å²) in [5, 5.41) is 9.19. The van der Waals surface area contributed by atoms with Crippen molar-refractivity contribution in [2.24, 2.45) is 0 Å². The first-order valence-electron chi connectivity index (χ1n) is 8.62. The zero-order valence-electron chi connectivity index (χ0n) is 15.4. The largest absolute Gasteiger partial charge is 0.497 e. The lowest BCUT2D eigenvalue weighted by molar-refractivity contribution is 0.414. The molecule has 2 aromatic carbocycles. The summed E-state index contributed by atoms with van der Waals surface area (Å²) in [6, 6.07) is 15.5. The quantitative estimate of drug-likeness (QED) is 0.280. The number of aromatic nitrogens is 3. The fraction of sp³-hybridized carbons (Fsp3) is 0.150. The monoisotopic (exact) mass is 461 g/mol. The lowest BCUT2D eigenvalue weighted by Gasteiger charge is -2.01. The average Bonchev–Trinajstić information content (AvgIpc) is 3.41. The van der Waals surface area contributed by atoms with Crippen molar-refractivity contribution >= 4 is 46.5 Å². The van der Waals surface area contributed by atoms with Gasteiger partial charge in [0.2, 0.25) is 5.89 Å². The van der Waals surface area contributed by atoms with Crippen LogP contribution in [0.25, 0.3) is 11.5 Å². The van der Waals surface area contributed by atoms with Gasteiger partial charge in [-0.25, -0.2) is 4.98 Å². The van der Waals surface area contributed by atoms with Crippen LogP contribution >= 0.6 is 46.5 Å². The van der Waals surface area contributed by atoms with Crippen LogP contribution in [0, 0.1) is 0 Å². The first kappa shape index (κ1) is 20.3. The molecule has 0 atom stereocenters. The van der Waals surface area contributed by atoms with Crippen LogP contribution in [0.3, 0.4) is 0 Å². The van der Waals surface area contributed by atoms with Crippen LogP contribution < -0.4 is 4.74 Å². The summed E-state index contributed by atoms with van der Waals surface area (Å²) in [5.74, 6) is 2.94. The predicted molar refractivity (Wildman–Crippen MR) is 119 cm³/mol. The third-order valence-electron chi connectivity index (χ3n) is 3.88. The summed E-state index contributed by atoms with van der Waals surface area (Å²) in [7, 11) is 1.67. The first-order chi connectivity index (χ1) is 14.2. The molecule has 0 aliphatic carbocycles. The highest BCUT2D eigenvalue weighted by Gasteiger charge is 2.10. The molecule has 148 valence electrons. The van der Waals surface area contributed by atoms with Gasteiger partial charge in [-0.05, 0) is 35.9 Å². The fourth-order valence-corrected chi connectivity index (χ4v) is 5.49. The molecule has 2 heterocycles. The molecule has 0 spiro atoms. The van der Waals surface area contributed by atoms with E-state index in [2.05, 4.69) is 27.3 Å². The Morgan fingerprint density at radius 2 is 1.79 bits per heavy atom. The Morgan fingerprint density at radius 1 is 1.03 bits per heavy atom. The molecule has 29 heavy (non-hydrogen) atoms. The number of hydrogen-bond donors (Lipinski definition) is 0. The van der Waals surface area contributed by atoms with Crippen LogP contribution in [0.4, 0.5) is 0 Å². The van der Waals surface area contributed by atoms with Crippen LogP contribution in [-0.2, 0) is 11.5 Å². The molecule has 0 bridgehead atoms. The van der Waals surface area contributed by atoms with Crippen molar-refractivity contribution < 1.29 is 9.15 Å². The Morgan fingerprint density at radius 3 is 2.52 bits per heavy atom. The van der Waals surface area contributed by atoms with Gasteiger partial charge >= 0.3 is 0 Å². The maximum absolute atomic E-state index is 6.03. The minimum Gasteiger partial charge on any atom is -0.497 e. The molecule has 9 heteroatoms. The Labute approximate surface area is 185 Å². The molecule has 0 N–H and O–H groups in total. The summed E-state index contributed by atoms with van der Waals surface area (Å²) in [5.41, 5.74) is 2.94. The number of thioether (sulfide) groups is 2. The molecule has 0 amide bonds. The first-order valence-corrected chi connectivity index (χ1v) is 11.8. The third-order valence-corrected chi connectivity index (χ3v) is 7.41. The maximum atomic E-state index is 6.03. The van der Waals surface area contributed by atoms with Crippen LogP contribution in [-0.4, -0.2) is 22.3 Å². The van der Waals surface area contributed by atoms with E-state index in [0.29, 0.717) is 16.7 Å². The number of rotatable bonds is 8. The second kappa shape index (κ2) is 9.67. The van der Waals surface area contributed by atoms with Crippen molar-refractivity contribution in [3.05, 3.63) is 71.1 Å². The molecule has 4 aromatic rings. The van der Waals surface area contributed by atoms with Crippen molar-refractivity contribution in [2.75, 3.05) is 7.11 Å². The standard InChI is InChI=1S/C20H16ClN3O2S3/c1-25-17-7-5-13(6-8-17)11-27-19-23-24-20(29-19)28-12-16-10-26-18(22-16)14-3-2-4-15(21)9-14/h2-10H,11-12H2,1H3. The van der Waals surface area contributed by atoms with Gasteiger partial charge in [-0.3, -0.25) is 0 Å². The van der Waals surface area contributed by atoms with Gasteiger partial charge in [0, 0.05) is 22.1 Å². The average molecular weight is 462 g/mol. The van der Waals surface area contributed by atoms with Crippen molar-refractivity contribution in [1.82, 2.24) is 15.2 Å². The minimum atomic E-state index is 0.566. The molecule has 0 unspecified atom stereocenters. The lowest BCUT2D eigenvalue weighted by atomic mass is 10.2. The highest BCUT2D eigenvalue weighted by molar-refractivity contribution is 8.02. The number of nitrogens with zero attached hydrogens (tertiary/aromatic N) is 3. The zero-order chi connectivity index (χ0) is 20.1. The number of ether oxygens (including phenoxy) is 1. The molecule has 0 saturated heterocycles. The van der Waals surface area contributed by atoms with Crippen LogP contribution in [0.5, 0.6) is 5.75 Å². The van der Waals surface area contributed by atoms with Crippen molar-refractivity contribution in [2.45, 2.75) is 20.2 Å². The fourth-order valence-electron chi connectivity index (χ4n) is 2.44. The van der Waals surface area contributed by atoms with E-state index in [0.717, 1.165) is 31.4 Å². The van der Waals surface area contributed by atoms with E-state index in [4.69, 9.17) is 20.8 Å². The van der Waals surface area contributed by atoms with Gasteiger partial charge in [0.15, 0.2) is 8.68 Å². The Hall–Kier alpha value is -2.00. The van der Waals surface area contributed by atoms with E-state index in [-0.39, 0.29) is 0 Å². The molecule has 0 aliphatic rings. The minimum absolute atomic E-state index is 0.566. The molecule has 0 saturated carbocycles.